The summed E-state index contributed by atoms with van der Waals surface area (Å²) in [6, 6.07) is 6.87. The number of nitrogens with zero attached hydrogens (tertiary/aromatic N) is 2. The van der Waals surface area contributed by atoms with Gasteiger partial charge >= 0.3 is 6.09 Å². The molecule has 0 bridgehead atoms. The molecule has 1 aromatic rings. The van der Waals surface area contributed by atoms with Crippen molar-refractivity contribution in [3.05, 3.63) is 29.3 Å². The van der Waals surface area contributed by atoms with E-state index in [9.17, 15) is 9.59 Å². The van der Waals surface area contributed by atoms with E-state index in [-0.39, 0.29) is 18.6 Å². The zero-order chi connectivity index (χ0) is 19.9. The van der Waals surface area contributed by atoms with Gasteiger partial charge in [0.1, 0.15) is 11.4 Å². The predicted octanol–water partition coefficient (Wildman–Crippen LogP) is 2.39. The first-order chi connectivity index (χ1) is 12.7. The Morgan fingerprint density at radius 2 is 1.74 bits per heavy atom. The van der Waals surface area contributed by atoms with Crippen LogP contribution in [0.3, 0.4) is 0 Å². The van der Waals surface area contributed by atoms with Gasteiger partial charge in [-0.1, -0.05) is 11.6 Å². The SMILES string of the molecule is CC(C)(C)OC(=O)N1CCN(CCNC(=O)COc2ccc(Cl)cc2)CC1. The molecule has 27 heavy (non-hydrogen) atoms. The van der Waals surface area contributed by atoms with Crippen LogP contribution in [0.15, 0.2) is 24.3 Å². The Morgan fingerprint density at radius 1 is 1.11 bits per heavy atom. The van der Waals surface area contributed by atoms with E-state index in [2.05, 4.69) is 10.2 Å². The van der Waals surface area contributed by atoms with E-state index in [0.29, 0.717) is 30.4 Å². The van der Waals surface area contributed by atoms with Gasteiger partial charge in [0.15, 0.2) is 6.61 Å². The summed E-state index contributed by atoms with van der Waals surface area (Å²) < 4.78 is 10.8. The van der Waals surface area contributed by atoms with Crippen LogP contribution in [0.1, 0.15) is 20.8 Å². The fourth-order valence-electron chi connectivity index (χ4n) is 2.56. The van der Waals surface area contributed by atoms with Gasteiger partial charge in [0.25, 0.3) is 5.91 Å². The van der Waals surface area contributed by atoms with Crippen molar-refractivity contribution < 1.29 is 19.1 Å². The van der Waals surface area contributed by atoms with Crippen molar-refractivity contribution in [3.8, 4) is 5.75 Å². The highest BCUT2D eigenvalue weighted by atomic mass is 35.5. The monoisotopic (exact) mass is 397 g/mol. The van der Waals surface area contributed by atoms with Crippen molar-refractivity contribution in [2.75, 3.05) is 45.9 Å². The van der Waals surface area contributed by atoms with E-state index in [1.54, 1.807) is 29.2 Å². The van der Waals surface area contributed by atoms with E-state index in [0.717, 1.165) is 19.6 Å². The van der Waals surface area contributed by atoms with E-state index in [1.165, 1.54) is 0 Å². The third-order valence-corrected chi connectivity index (χ3v) is 4.21. The Morgan fingerprint density at radius 3 is 2.33 bits per heavy atom. The molecule has 1 heterocycles. The summed E-state index contributed by atoms with van der Waals surface area (Å²) in [5.41, 5.74) is -0.480. The lowest BCUT2D eigenvalue weighted by Gasteiger charge is -2.35. The number of carbonyl (C=O) groups is 2. The molecule has 0 unspecified atom stereocenters. The minimum Gasteiger partial charge on any atom is -0.484 e. The smallest absolute Gasteiger partial charge is 0.410 e. The molecule has 1 aromatic carbocycles. The Bertz CT molecular complexity index is 623. The maximum absolute atomic E-state index is 12.0. The molecule has 8 heteroatoms. The van der Waals surface area contributed by atoms with Crippen molar-refractivity contribution in [2.24, 2.45) is 0 Å². The van der Waals surface area contributed by atoms with Crippen molar-refractivity contribution in [1.82, 2.24) is 15.1 Å². The van der Waals surface area contributed by atoms with Crippen molar-refractivity contribution in [2.45, 2.75) is 26.4 Å². The summed E-state index contributed by atoms with van der Waals surface area (Å²) >= 11 is 5.80. The highest BCUT2D eigenvalue weighted by Crippen LogP contribution is 2.15. The maximum atomic E-state index is 12.0. The number of amides is 2. The van der Waals surface area contributed by atoms with Gasteiger partial charge in [0.05, 0.1) is 0 Å². The van der Waals surface area contributed by atoms with E-state index in [4.69, 9.17) is 21.1 Å². The number of piperazine rings is 1. The Balaban J connectivity index is 1.59. The van der Waals surface area contributed by atoms with Crippen LogP contribution < -0.4 is 10.1 Å². The summed E-state index contributed by atoms with van der Waals surface area (Å²) in [5, 5.41) is 3.46. The number of nitrogens with one attached hydrogen (secondary N) is 1. The number of halogens is 1. The molecular weight excluding hydrogens is 370 g/mol. The lowest BCUT2D eigenvalue weighted by atomic mass is 10.2. The molecule has 0 aliphatic carbocycles. The lowest BCUT2D eigenvalue weighted by molar-refractivity contribution is -0.123. The molecule has 1 aliphatic heterocycles. The molecule has 7 nitrogen and oxygen atoms in total. The zero-order valence-electron chi connectivity index (χ0n) is 16.2. The molecule has 1 N–H and O–H groups in total. The molecule has 1 fully saturated rings. The maximum Gasteiger partial charge on any atom is 0.410 e. The molecule has 0 aromatic heterocycles. The summed E-state index contributed by atoms with van der Waals surface area (Å²) in [7, 11) is 0. The van der Waals surface area contributed by atoms with Gasteiger partial charge in [-0.2, -0.15) is 0 Å². The average Bonchev–Trinajstić information content (AvgIpc) is 2.60. The number of benzene rings is 1. The van der Waals surface area contributed by atoms with Crippen LogP contribution >= 0.6 is 11.6 Å². The van der Waals surface area contributed by atoms with Gasteiger partial charge in [-0.15, -0.1) is 0 Å². The quantitative estimate of drug-likeness (QED) is 0.798. The molecular formula is C19H28ClN3O4. The lowest BCUT2D eigenvalue weighted by Crippen LogP contribution is -2.51. The average molecular weight is 398 g/mol. The second-order valence-corrected chi connectivity index (χ2v) is 7.84. The van der Waals surface area contributed by atoms with Crippen LogP contribution in [0.5, 0.6) is 5.75 Å². The molecule has 0 spiro atoms. The van der Waals surface area contributed by atoms with E-state index >= 15 is 0 Å². The Kier molecular flexibility index (Phi) is 7.74. The van der Waals surface area contributed by atoms with Crippen LogP contribution in [-0.2, 0) is 9.53 Å². The summed E-state index contributed by atoms with van der Waals surface area (Å²) in [6.07, 6.45) is -0.269. The number of rotatable bonds is 6. The highest BCUT2D eigenvalue weighted by molar-refractivity contribution is 6.30. The van der Waals surface area contributed by atoms with Crippen LogP contribution in [0, 0.1) is 0 Å². The largest absolute Gasteiger partial charge is 0.484 e. The van der Waals surface area contributed by atoms with Gasteiger partial charge in [0.2, 0.25) is 0 Å². The fourth-order valence-corrected chi connectivity index (χ4v) is 2.69. The number of hydrogen-bond acceptors (Lipinski definition) is 5. The number of ether oxygens (including phenoxy) is 2. The molecule has 0 radical (unpaired) electrons. The third-order valence-electron chi connectivity index (χ3n) is 3.96. The minimum absolute atomic E-state index is 0.0337. The fraction of sp³-hybridized carbons (Fsp3) is 0.579. The standard InChI is InChI=1S/C19H28ClN3O4/c1-19(2,3)27-18(25)23-12-10-22(11-13-23)9-8-21-17(24)14-26-16-6-4-15(20)5-7-16/h4-7H,8-14H2,1-3H3,(H,21,24). The molecule has 0 saturated carbocycles. The second-order valence-electron chi connectivity index (χ2n) is 7.40. The molecule has 1 saturated heterocycles. The summed E-state index contributed by atoms with van der Waals surface area (Å²) in [5.74, 6) is 0.435. The normalized spacial score (nSPS) is 15.3. The van der Waals surface area contributed by atoms with Gasteiger partial charge < -0.3 is 19.7 Å². The van der Waals surface area contributed by atoms with Crippen LogP contribution in [-0.4, -0.2) is 73.3 Å². The summed E-state index contributed by atoms with van der Waals surface area (Å²) in [4.78, 5) is 27.8. The van der Waals surface area contributed by atoms with Crippen LogP contribution in [0.2, 0.25) is 5.02 Å². The van der Waals surface area contributed by atoms with Crippen molar-refractivity contribution in [3.63, 3.8) is 0 Å². The molecule has 150 valence electrons. The second kappa shape index (κ2) is 9.80. The van der Waals surface area contributed by atoms with Gasteiger partial charge in [-0.25, -0.2) is 4.79 Å². The van der Waals surface area contributed by atoms with Gasteiger partial charge in [-0.3, -0.25) is 9.69 Å². The molecule has 0 atom stereocenters. The van der Waals surface area contributed by atoms with Gasteiger partial charge in [0, 0.05) is 44.3 Å². The highest BCUT2D eigenvalue weighted by Gasteiger charge is 2.25. The van der Waals surface area contributed by atoms with Crippen LogP contribution in [0.4, 0.5) is 4.79 Å². The number of hydrogen-bond donors (Lipinski definition) is 1. The van der Waals surface area contributed by atoms with E-state index < -0.39 is 5.60 Å². The summed E-state index contributed by atoms with van der Waals surface area (Å²) in [6.45, 7) is 9.59. The van der Waals surface area contributed by atoms with E-state index in [1.807, 2.05) is 20.8 Å². The first-order valence-electron chi connectivity index (χ1n) is 9.08. The number of carbonyl (C=O) groups excluding carboxylic acids is 2. The molecule has 2 amide bonds. The molecule has 2 rings (SSSR count). The van der Waals surface area contributed by atoms with Gasteiger partial charge in [-0.05, 0) is 45.0 Å². The Hall–Kier alpha value is -1.99. The first kappa shape index (κ1) is 21.3. The van der Waals surface area contributed by atoms with Crippen LogP contribution in [0.25, 0.3) is 0 Å². The first-order valence-corrected chi connectivity index (χ1v) is 9.46. The predicted molar refractivity (Wildman–Crippen MR) is 104 cm³/mol. The third kappa shape index (κ3) is 8.05. The Labute approximate surface area is 165 Å². The zero-order valence-corrected chi connectivity index (χ0v) is 16.9. The van der Waals surface area contributed by atoms with Crippen molar-refractivity contribution >= 4 is 23.6 Å². The minimum atomic E-state index is -0.480. The molecule has 1 aliphatic rings. The topological polar surface area (TPSA) is 71.1 Å². The van der Waals surface area contributed by atoms with Crippen molar-refractivity contribution in [1.29, 1.82) is 0 Å².